The number of anilines is 1. The normalized spacial score (nSPS) is 10.9. The number of hydrogen-bond acceptors (Lipinski definition) is 4. The van der Waals surface area contributed by atoms with Crippen molar-refractivity contribution in [3.8, 4) is 0 Å². The molecular weight excluding hydrogens is 182 g/mol. The van der Waals surface area contributed by atoms with Gasteiger partial charge in [0.2, 0.25) is 0 Å². The summed E-state index contributed by atoms with van der Waals surface area (Å²) in [4.78, 5) is 11.3. The van der Waals surface area contributed by atoms with Gasteiger partial charge in [-0.25, -0.2) is 4.79 Å². The Balaban J connectivity index is 2.71. The van der Waals surface area contributed by atoms with Gasteiger partial charge in [-0.2, -0.15) is 0 Å². The van der Waals surface area contributed by atoms with Crippen molar-refractivity contribution in [2.75, 3.05) is 12.3 Å². The Hall–Kier alpha value is -1.75. The first-order chi connectivity index (χ1) is 6.72. The first-order valence-electron chi connectivity index (χ1n) is 4.31. The van der Waals surface area contributed by atoms with Crippen molar-refractivity contribution in [2.45, 2.75) is 6.54 Å². The number of rotatable bonds is 2. The monoisotopic (exact) mass is 193 g/mol. The maximum atomic E-state index is 11.3. The predicted molar refractivity (Wildman–Crippen MR) is 53.9 cm³/mol. The van der Waals surface area contributed by atoms with Crippen LogP contribution in [0, 0.1) is 0 Å². The summed E-state index contributed by atoms with van der Waals surface area (Å²) < 4.78 is 6.50. The van der Waals surface area contributed by atoms with Gasteiger partial charge in [-0.15, -0.1) is 0 Å². The molecule has 0 spiro atoms. The van der Waals surface area contributed by atoms with Crippen LogP contribution in [0.2, 0.25) is 0 Å². The van der Waals surface area contributed by atoms with Gasteiger partial charge in [0.25, 0.3) is 0 Å². The fourth-order valence-corrected chi connectivity index (χ4v) is 1.42. The van der Waals surface area contributed by atoms with E-state index in [2.05, 4.69) is 0 Å². The minimum Gasteiger partial charge on any atom is -0.408 e. The molecule has 0 bridgehead atoms. The molecule has 0 aliphatic carbocycles. The summed E-state index contributed by atoms with van der Waals surface area (Å²) in [6.45, 7) is 0.856. The van der Waals surface area contributed by atoms with E-state index in [9.17, 15) is 4.79 Å². The van der Waals surface area contributed by atoms with Crippen LogP contribution in [-0.4, -0.2) is 11.1 Å². The van der Waals surface area contributed by atoms with Crippen LogP contribution < -0.4 is 17.2 Å². The molecule has 0 fully saturated rings. The first-order valence-corrected chi connectivity index (χ1v) is 4.31. The second kappa shape index (κ2) is 3.19. The van der Waals surface area contributed by atoms with Gasteiger partial charge in [0, 0.05) is 24.8 Å². The van der Waals surface area contributed by atoms with Gasteiger partial charge in [-0.1, -0.05) is 0 Å². The molecule has 74 valence electrons. The molecule has 0 saturated heterocycles. The maximum Gasteiger partial charge on any atom is 0.419 e. The second-order valence-electron chi connectivity index (χ2n) is 3.04. The van der Waals surface area contributed by atoms with E-state index >= 15 is 0 Å². The van der Waals surface area contributed by atoms with Gasteiger partial charge in [0.05, 0.1) is 5.52 Å². The molecule has 2 aromatic rings. The summed E-state index contributed by atoms with van der Waals surface area (Å²) in [6, 6.07) is 5.11. The summed E-state index contributed by atoms with van der Waals surface area (Å²) in [7, 11) is 0. The molecule has 14 heavy (non-hydrogen) atoms. The zero-order valence-corrected chi connectivity index (χ0v) is 7.56. The Bertz CT molecular complexity index is 512. The minimum atomic E-state index is -0.393. The average molecular weight is 193 g/mol. The van der Waals surface area contributed by atoms with Crippen molar-refractivity contribution in [2.24, 2.45) is 5.73 Å². The number of fused-ring (bicyclic) bond motifs is 1. The lowest BCUT2D eigenvalue weighted by Crippen LogP contribution is -2.19. The van der Waals surface area contributed by atoms with Crippen molar-refractivity contribution >= 4 is 16.8 Å². The molecule has 1 aromatic heterocycles. The van der Waals surface area contributed by atoms with E-state index in [0.717, 1.165) is 5.52 Å². The largest absolute Gasteiger partial charge is 0.419 e. The molecule has 1 heterocycles. The number of hydrogen-bond donors (Lipinski definition) is 2. The maximum absolute atomic E-state index is 11.3. The lowest BCUT2D eigenvalue weighted by Gasteiger charge is -1.98. The molecule has 0 radical (unpaired) electrons. The SMILES string of the molecule is NCCn1c(=O)oc2cc(N)ccc21. The molecule has 0 aliphatic heterocycles. The number of oxazole rings is 1. The van der Waals surface area contributed by atoms with E-state index in [-0.39, 0.29) is 0 Å². The minimum absolute atomic E-state index is 0.393. The highest BCUT2D eigenvalue weighted by Gasteiger charge is 2.07. The van der Waals surface area contributed by atoms with Crippen LogP contribution >= 0.6 is 0 Å². The van der Waals surface area contributed by atoms with Gasteiger partial charge < -0.3 is 15.9 Å². The van der Waals surface area contributed by atoms with Crippen molar-refractivity contribution in [1.82, 2.24) is 4.57 Å². The molecule has 0 aliphatic rings. The molecule has 5 heteroatoms. The number of aromatic nitrogens is 1. The van der Waals surface area contributed by atoms with Gasteiger partial charge in [-0.3, -0.25) is 4.57 Å². The third-order valence-electron chi connectivity index (χ3n) is 2.05. The van der Waals surface area contributed by atoms with E-state index in [1.807, 2.05) is 0 Å². The molecule has 5 nitrogen and oxygen atoms in total. The van der Waals surface area contributed by atoms with Crippen LogP contribution in [0.1, 0.15) is 0 Å². The Labute approximate surface area is 79.9 Å². The topological polar surface area (TPSA) is 87.2 Å². The molecule has 0 saturated carbocycles. The molecule has 0 atom stereocenters. The Morgan fingerprint density at radius 3 is 2.93 bits per heavy atom. The summed E-state index contributed by atoms with van der Waals surface area (Å²) >= 11 is 0. The number of nitrogens with two attached hydrogens (primary N) is 2. The van der Waals surface area contributed by atoms with Crippen LogP contribution in [0.3, 0.4) is 0 Å². The quantitative estimate of drug-likeness (QED) is 0.664. The molecule has 4 N–H and O–H groups in total. The lowest BCUT2D eigenvalue weighted by molar-refractivity contribution is 0.507. The number of benzene rings is 1. The van der Waals surface area contributed by atoms with Crippen LogP contribution in [0.15, 0.2) is 27.4 Å². The molecule has 0 amide bonds. The number of nitrogens with zero attached hydrogens (tertiary/aromatic N) is 1. The van der Waals surface area contributed by atoms with Crippen LogP contribution in [-0.2, 0) is 6.54 Å². The van der Waals surface area contributed by atoms with Gasteiger partial charge in [0.15, 0.2) is 5.58 Å². The van der Waals surface area contributed by atoms with Crippen LogP contribution in [0.5, 0.6) is 0 Å². The predicted octanol–water partition coefficient (Wildman–Crippen LogP) is 0.135. The van der Waals surface area contributed by atoms with Crippen LogP contribution in [0.25, 0.3) is 11.1 Å². The second-order valence-corrected chi connectivity index (χ2v) is 3.04. The smallest absolute Gasteiger partial charge is 0.408 e. The van der Waals surface area contributed by atoms with E-state index in [4.69, 9.17) is 15.9 Å². The van der Waals surface area contributed by atoms with Crippen molar-refractivity contribution in [3.63, 3.8) is 0 Å². The summed E-state index contributed by atoms with van der Waals surface area (Å²) in [5, 5.41) is 0. The van der Waals surface area contributed by atoms with E-state index < -0.39 is 5.76 Å². The lowest BCUT2D eigenvalue weighted by atomic mass is 10.3. The highest BCUT2D eigenvalue weighted by Crippen LogP contribution is 2.15. The van der Waals surface area contributed by atoms with E-state index in [0.29, 0.717) is 24.4 Å². The Morgan fingerprint density at radius 2 is 2.21 bits per heavy atom. The third-order valence-corrected chi connectivity index (χ3v) is 2.05. The number of nitrogen functional groups attached to an aromatic ring is 1. The highest BCUT2D eigenvalue weighted by molar-refractivity contribution is 5.76. The van der Waals surface area contributed by atoms with Gasteiger partial charge in [0.1, 0.15) is 0 Å². The van der Waals surface area contributed by atoms with Crippen molar-refractivity contribution in [3.05, 3.63) is 28.7 Å². The van der Waals surface area contributed by atoms with Crippen molar-refractivity contribution in [1.29, 1.82) is 0 Å². The van der Waals surface area contributed by atoms with Gasteiger partial charge in [-0.05, 0) is 12.1 Å². The highest BCUT2D eigenvalue weighted by atomic mass is 16.4. The first kappa shape index (κ1) is 8.83. The fraction of sp³-hybridized carbons (Fsp3) is 0.222. The third kappa shape index (κ3) is 1.27. The Kier molecular flexibility index (Phi) is 2.01. The van der Waals surface area contributed by atoms with E-state index in [1.54, 1.807) is 18.2 Å². The zero-order chi connectivity index (χ0) is 10.1. The Morgan fingerprint density at radius 1 is 1.43 bits per heavy atom. The van der Waals surface area contributed by atoms with Crippen LogP contribution in [0.4, 0.5) is 5.69 Å². The standard InChI is InChI=1S/C9H11N3O2/c10-3-4-12-7-2-1-6(11)5-8(7)14-9(12)13/h1-2,5H,3-4,10-11H2. The summed E-state index contributed by atoms with van der Waals surface area (Å²) in [6.07, 6.45) is 0. The molecule has 2 rings (SSSR count). The molecule has 1 aromatic carbocycles. The summed E-state index contributed by atoms with van der Waals surface area (Å²) in [5.74, 6) is -0.393. The summed E-state index contributed by atoms with van der Waals surface area (Å²) in [5.41, 5.74) is 12.8. The molecular formula is C9H11N3O2. The van der Waals surface area contributed by atoms with Gasteiger partial charge >= 0.3 is 5.76 Å². The fourth-order valence-electron chi connectivity index (χ4n) is 1.42. The molecule has 0 unspecified atom stereocenters. The van der Waals surface area contributed by atoms with Crippen molar-refractivity contribution < 1.29 is 4.42 Å². The average Bonchev–Trinajstić information content (AvgIpc) is 2.43. The zero-order valence-electron chi connectivity index (χ0n) is 7.56. The van der Waals surface area contributed by atoms with E-state index in [1.165, 1.54) is 4.57 Å².